The fraction of sp³-hybridized carbons (Fsp3) is 1.00. The molecule has 3 aliphatic rings. The van der Waals surface area contributed by atoms with Crippen LogP contribution in [0.4, 0.5) is 0 Å². The molecule has 1 N–H and O–H groups in total. The Kier molecular flexibility index (Phi) is 3.87. The maximum atomic E-state index is 3.37. The summed E-state index contributed by atoms with van der Waals surface area (Å²) in [7, 11) is 0. The van der Waals surface area contributed by atoms with Crippen LogP contribution in [-0.4, -0.2) is 36.1 Å². The first-order valence-corrected chi connectivity index (χ1v) is 4.93. The number of hydrogen-bond donors (Lipinski definition) is 1. The molecule has 0 bridgehead atoms. The average Bonchev–Trinajstić information content (AvgIpc) is 2.74. The molecule has 0 amide bonds. The molecule has 2 aliphatic carbocycles. The third-order valence-corrected chi connectivity index (χ3v) is 3.12. The molecule has 0 aromatic heterocycles. The monoisotopic (exact) mass is 224 g/mol. The van der Waals surface area contributed by atoms with E-state index in [1.807, 2.05) is 0 Å². The SMILES string of the molecule is C1CC1N(C1CC1)C1CNC1.Cl.Cl. The lowest BCUT2D eigenvalue weighted by molar-refractivity contribution is 0.128. The van der Waals surface area contributed by atoms with Gasteiger partial charge in [-0.25, -0.2) is 0 Å². The molecule has 0 unspecified atom stereocenters. The normalized spacial score (nSPS) is 27.5. The van der Waals surface area contributed by atoms with Gasteiger partial charge in [-0.2, -0.15) is 0 Å². The second-order valence-electron chi connectivity index (χ2n) is 4.22. The Morgan fingerprint density at radius 1 is 0.769 bits per heavy atom. The summed E-state index contributed by atoms with van der Waals surface area (Å²) in [5.41, 5.74) is 0. The van der Waals surface area contributed by atoms with E-state index in [2.05, 4.69) is 10.2 Å². The molecule has 0 atom stereocenters. The van der Waals surface area contributed by atoms with E-state index in [-0.39, 0.29) is 24.8 Å². The zero-order chi connectivity index (χ0) is 7.26. The van der Waals surface area contributed by atoms with E-state index in [9.17, 15) is 0 Å². The van der Waals surface area contributed by atoms with E-state index < -0.39 is 0 Å². The highest BCUT2D eigenvalue weighted by atomic mass is 35.5. The zero-order valence-corrected chi connectivity index (χ0v) is 9.37. The highest BCUT2D eigenvalue weighted by molar-refractivity contribution is 5.85. The second kappa shape index (κ2) is 4.35. The van der Waals surface area contributed by atoms with E-state index in [1.54, 1.807) is 0 Å². The molecule has 78 valence electrons. The lowest BCUT2D eigenvalue weighted by atomic mass is 10.1. The van der Waals surface area contributed by atoms with Gasteiger partial charge in [0.25, 0.3) is 0 Å². The van der Waals surface area contributed by atoms with Gasteiger partial charge in [-0.3, -0.25) is 4.90 Å². The Morgan fingerprint density at radius 3 is 1.46 bits per heavy atom. The van der Waals surface area contributed by atoms with E-state index in [1.165, 1.54) is 38.8 Å². The minimum absolute atomic E-state index is 0. The van der Waals surface area contributed by atoms with Crippen LogP contribution >= 0.6 is 24.8 Å². The molecular formula is C9H18Cl2N2. The van der Waals surface area contributed by atoms with Gasteiger partial charge in [0.1, 0.15) is 0 Å². The summed E-state index contributed by atoms with van der Waals surface area (Å²) in [6.45, 7) is 2.51. The molecule has 3 fully saturated rings. The van der Waals surface area contributed by atoms with E-state index in [0.717, 1.165) is 18.1 Å². The number of nitrogens with zero attached hydrogens (tertiary/aromatic N) is 1. The molecule has 13 heavy (non-hydrogen) atoms. The summed E-state index contributed by atoms with van der Waals surface area (Å²) in [5.74, 6) is 0. The van der Waals surface area contributed by atoms with Gasteiger partial charge in [-0.15, -0.1) is 24.8 Å². The van der Waals surface area contributed by atoms with Crippen molar-refractivity contribution in [3.63, 3.8) is 0 Å². The predicted molar refractivity (Wildman–Crippen MR) is 59.0 cm³/mol. The summed E-state index contributed by atoms with van der Waals surface area (Å²) in [6, 6.07) is 2.90. The number of nitrogens with one attached hydrogen (secondary N) is 1. The van der Waals surface area contributed by atoms with Crippen molar-refractivity contribution in [1.29, 1.82) is 0 Å². The molecular weight excluding hydrogens is 207 g/mol. The van der Waals surface area contributed by atoms with Crippen LogP contribution < -0.4 is 5.32 Å². The van der Waals surface area contributed by atoms with Gasteiger partial charge in [0.15, 0.2) is 0 Å². The van der Waals surface area contributed by atoms with E-state index in [4.69, 9.17) is 0 Å². The highest BCUT2D eigenvalue weighted by Gasteiger charge is 2.44. The van der Waals surface area contributed by atoms with Crippen LogP contribution in [0, 0.1) is 0 Å². The van der Waals surface area contributed by atoms with Gasteiger partial charge in [-0.05, 0) is 25.7 Å². The Balaban J connectivity index is 0.000000422. The van der Waals surface area contributed by atoms with Crippen LogP contribution in [0.3, 0.4) is 0 Å². The van der Waals surface area contributed by atoms with Crippen molar-refractivity contribution in [2.24, 2.45) is 0 Å². The van der Waals surface area contributed by atoms with Crippen LogP contribution in [0.25, 0.3) is 0 Å². The van der Waals surface area contributed by atoms with Gasteiger partial charge >= 0.3 is 0 Å². The third kappa shape index (κ3) is 2.30. The number of halogens is 2. The molecule has 2 saturated carbocycles. The van der Waals surface area contributed by atoms with Crippen molar-refractivity contribution in [1.82, 2.24) is 10.2 Å². The van der Waals surface area contributed by atoms with Gasteiger partial charge in [0.05, 0.1) is 0 Å². The van der Waals surface area contributed by atoms with Crippen LogP contribution in [-0.2, 0) is 0 Å². The summed E-state index contributed by atoms with van der Waals surface area (Å²) in [4.78, 5) is 2.80. The first-order valence-electron chi connectivity index (χ1n) is 4.93. The van der Waals surface area contributed by atoms with Crippen molar-refractivity contribution in [2.45, 2.75) is 43.8 Å². The van der Waals surface area contributed by atoms with E-state index in [0.29, 0.717) is 0 Å². The lowest BCUT2D eigenvalue weighted by Gasteiger charge is -2.38. The van der Waals surface area contributed by atoms with Crippen molar-refractivity contribution in [2.75, 3.05) is 13.1 Å². The van der Waals surface area contributed by atoms with Gasteiger partial charge < -0.3 is 5.32 Å². The smallest absolute Gasteiger partial charge is 0.0351 e. The van der Waals surface area contributed by atoms with Crippen molar-refractivity contribution < 1.29 is 0 Å². The molecule has 1 saturated heterocycles. The molecule has 0 aromatic rings. The summed E-state index contributed by atoms with van der Waals surface area (Å²) in [5, 5.41) is 3.37. The van der Waals surface area contributed by atoms with Gasteiger partial charge in [-0.1, -0.05) is 0 Å². The predicted octanol–water partition coefficient (Wildman–Crippen LogP) is 1.43. The molecule has 0 spiro atoms. The van der Waals surface area contributed by atoms with Crippen LogP contribution in [0.2, 0.25) is 0 Å². The van der Waals surface area contributed by atoms with Crippen molar-refractivity contribution in [3.05, 3.63) is 0 Å². The fourth-order valence-corrected chi connectivity index (χ4v) is 2.12. The number of rotatable bonds is 3. The highest BCUT2D eigenvalue weighted by Crippen LogP contribution is 2.39. The first-order chi connectivity index (χ1) is 5.45. The van der Waals surface area contributed by atoms with Crippen molar-refractivity contribution in [3.8, 4) is 0 Å². The fourth-order valence-electron chi connectivity index (χ4n) is 2.12. The third-order valence-electron chi connectivity index (χ3n) is 3.12. The minimum Gasteiger partial charge on any atom is -0.314 e. The quantitative estimate of drug-likeness (QED) is 0.781. The second-order valence-corrected chi connectivity index (χ2v) is 4.22. The van der Waals surface area contributed by atoms with Gasteiger partial charge in [0.2, 0.25) is 0 Å². The lowest BCUT2D eigenvalue weighted by Crippen LogP contribution is -2.58. The molecule has 3 rings (SSSR count). The zero-order valence-electron chi connectivity index (χ0n) is 7.74. The van der Waals surface area contributed by atoms with Crippen LogP contribution in [0.5, 0.6) is 0 Å². The molecule has 0 radical (unpaired) electrons. The molecule has 1 aliphatic heterocycles. The Labute approximate surface area is 92.3 Å². The van der Waals surface area contributed by atoms with E-state index >= 15 is 0 Å². The minimum atomic E-state index is 0. The number of hydrogen-bond acceptors (Lipinski definition) is 2. The van der Waals surface area contributed by atoms with Crippen LogP contribution in [0.1, 0.15) is 25.7 Å². The molecule has 0 aromatic carbocycles. The molecule has 4 heteroatoms. The van der Waals surface area contributed by atoms with Crippen LogP contribution in [0.15, 0.2) is 0 Å². The molecule has 2 nitrogen and oxygen atoms in total. The standard InChI is InChI=1S/C9H16N2.2ClH/c1-2-7(1)11(8-3-4-8)9-5-10-6-9;;/h7-10H,1-6H2;2*1H. The maximum Gasteiger partial charge on any atom is 0.0351 e. The topological polar surface area (TPSA) is 15.3 Å². The Bertz CT molecular complexity index is 153. The van der Waals surface area contributed by atoms with Crippen molar-refractivity contribution >= 4 is 24.8 Å². The Hall–Kier alpha value is 0.500. The summed E-state index contributed by atoms with van der Waals surface area (Å²) < 4.78 is 0. The molecule has 1 heterocycles. The largest absolute Gasteiger partial charge is 0.314 e. The average molecular weight is 225 g/mol. The summed E-state index contributed by atoms with van der Waals surface area (Å²) >= 11 is 0. The Morgan fingerprint density at radius 2 is 1.23 bits per heavy atom. The first kappa shape index (κ1) is 11.6. The van der Waals surface area contributed by atoms with Gasteiger partial charge in [0, 0.05) is 31.2 Å². The maximum absolute atomic E-state index is 3.37. The summed E-state index contributed by atoms with van der Waals surface area (Å²) in [6.07, 6.45) is 5.92.